The maximum Gasteiger partial charge on any atom is 0.138 e. The zero-order valence-corrected chi connectivity index (χ0v) is 9.69. The molecule has 3 N–H and O–H groups in total. The maximum atomic E-state index is 9.73. The molecule has 1 fully saturated rings. The average molecular weight is 221 g/mol. The Kier molecular flexibility index (Phi) is 3.41. The molecule has 1 aromatic rings. The van der Waals surface area contributed by atoms with Crippen LogP contribution in [0.3, 0.4) is 0 Å². The largest absolute Gasteiger partial charge is 0.506 e. The summed E-state index contributed by atoms with van der Waals surface area (Å²) in [7, 11) is 0. The molecule has 4 nitrogen and oxygen atoms in total. The second-order valence-electron chi connectivity index (χ2n) is 4.42. The maximum absolute atomic E-state index is 9.73. The van der Waals surface area contributed by atoms with Crippen molar-refractivity contribution in [3.63, 3.8) is 0 Å². The molecule has 1 aliphatic heterocycles. The van der Waals surface area contributed by atoms with E-state index in [-0.39, 0.29) is 5.75 Å². The Labute approximate surface area is 96.1 Å². The minimum atomic E-state index is 0.285. The molecule has 0 saturated carbocycles. The van der Waals surface area contributed by atoms with E-state index in [1.807, 2.05) is 13.0 Å². The molecule has 0 spiro atoms. The van der Waals surface area contributed by atoms with Gasteiger partial charge in [0.15, 0.2) is 0 Å². The lowest BCUT2D eigenvalue weighted by atomic mass is 10.2. The summed E-state index contributed by atoms with van der Waals surface area (Å²) in [6, 6.07) is 3.98. The Morgan fingerprint density at radius 3 is 3.12 bits per heavy atom. The molecule has 1 saturated heterocycles. The second-order valence-corrected chi connectivity index (χ2v) is 4.42. The zero-order valence-electron chi connectivity index (χ0n) is 9.69. The van der Waals surface area contributed by atoms with E-state index in [9.17, 15) is 5.11 Å². The highest BCUT2D eigenvalue weighted by Crippen LogP contribution is 2.22. The number of nitrogens with zero attached hydrogens (tertiary/aromatic N) is 2. The van der Waals surface area contributed by atoms with E-state index < -0.39 is 0 Å². The summed E-state index contributed by atoms with van der Waals surface area (Å²) in [5.74, 6) is 0.285. The lowest BCUT2D eigenvalue weighted by molar-refractivity contribution is 0.243. The van der Waals surface area contributed by atoms with Crippen molar-refractivity contribution in [1.29, 1.82) is 0 Å². The SMILES string of the molecule is Cc1ccc(O)c(CN2CCCC2CN)n1. The van der Waals surface area contributed by atoms with Crippen LogP contribution in [0.4, 0.5) is 0 Å². The van der Waals surface area contributed by atoms with Crippen molar-refractivity contribution in [2.45, 2.75) is 32.4 Å². The van der Waals surface area contributed by atoms with Gasteiger partial charge < -0.3 is 10.8 Å². The Bertz CT molecular complexity index is 367. The van der Waals surface area contributed by atoms with Crippen molar-refractivity contribution in [3.05, 3.63) is 23.5 Å². The van der Waals surface area contributed by atoms with Crippen molar-refractivity contribution < 1.29 is 5.11 Å². The van der Waals surface area contributed by atoms with E-state index in [0.717, 1.165) is 24.4 Å². The van der Waals surface area contributed by atoms with Crippen LogP contribution in [-0.2, 0) is 6.54 Å². The summed E-state index contributed by atoms with van der Waals surface area (Å²) in [6.07, 6.45) is 2.34. The molecule has 88 valence electrons. The van der Waals surface area contributed by atoms with Gasteiger partial charge in [0.2, 0.25) is 0 Å². The smallest absolute Gasteiger partial charge is 0.138 e. The monoisotopic (exact) mass is 221 g/mol. The predicted molar refractivity (Wildman–Crippen MR) is 63.1 cm³/mol. The topological polar surface area (TPSA) is 62.4 Å². The fourth-order valence-corrected chi connectivity index (χ4v) is 2.28. The predicted octanol–water partition coefficient (Wildman–Crippen LogP) is 1.02. The summed E-state index contributed by atoms with van der Waals surface area (Å²) in [6.45, 7) is 4.38. The first-order valence-corrected chi connectivity index (χ1v) is 5.80. The molecule has 0 aromatic carbocycles. The van der Waals surface area contributed by atoms with E-state index in [0.29, 0.717) is 19.1 Å². The van der Waals surface area contributed by atoms with Gasteiger partial charge in [-0.05, 0) is 38.4 Å². The van der Waals surface area contributed by atoms with Crippen LogP contribution in [0.2, 0.25) is 0 Å². The molecule has 1 atom stereocenters. The quantitative estimate of drug-likeness (QED) is 0.800. The van der Waals surface area contributed by atoms with Crippen LogP contribution in [0, 0.1) is 6.92 Å². The van der Waals surface area contributed by atoms with Crippen LogP contribution < -0.4 is 5.73 Å². The van der Waals surface area contributed by atoms with Gasteiger partial charge in [-0.25, -0.2) is 0 Å². The van der Waals surface area contributed by atoms with Gasteiger partial charge in [-0.15, -0.1) is 0 Å². The highest BCUT2D eigenvalue weighted by atomic mass is 16.3. The third-order valence-corrected chi connectivity index (χ3v) is 3.21. The van der Waals surface area contributed by atoms with Gasteiger partial charge in [-0.1, -0.05) is 0 Å². The average Bonchev–Trinajstić information content (AvgIpc) is 2.71. The number of likely N-dealkylation sites (tertiary alicyclic amines) is 1. The van der Waals surface area contributed by atoms with E-state index in [2.05, 4.69) is 9.88 Å². The first-order valence-electron chi connectivity index (χ1n) is 5.80. The van der Waals surface area contributed by atoms with Crippen molar-refractivity contribution in [2.75, 3.05) is 13.1 Å². The number of nitrogens with two attached hydrogens (primary N) is 1. The van der Waals surface area contributed by atoms with Gasteiger partial charge in [0.05, 0.1) is 5.69 Å². The van der Waals surface area contributed by atoms with E-state index in [1.165, 1.54) is 6.42 Å². The first kappa shape index (κ1) is 11.4. The van der Waals surface area contributed by atoms with Crippen LogP contribution >= 0.6 is 0 Å². The fraction of sp³-hybridized carbons (Fsp3) is 0.583. The lowest BCUT2D eigenvalue weighted by Crippen LogP contribution is -2.35. The number of hydrogen-bond acceptors (Lipinski definition) is 4. The Morgan fingerprint density at radius 1 is 1.56 bits per heavy atom. The van der Waals surface area contributed by atoms with Crippen LogP contribution in [0.15, 0.2) is 12.1 Å². The molecule has 2 rings (SSSR count). The van der Waals surface area contributed by atoms with Crippen LogP contribution in [0.1, 0.15) is 24.2 Å². The van der Waals surface area contributed by atoms with Gasteiger partial charge in [-0.2, -0.15) is 0 Å². The van der Waals surface area contributed by atoms with Crippen LogP contribution in [-0.4, -0.2) is 34.1 Å². The molecule has 0 aliphatic carbocycles. The lowest BCUT2D eigenvalue weighted by Gasteiger charge is -2.22. The normalized spacial score (nSPS) is 21.5. The van der Waals surface area contributed by atoms with Gasteiger partial charge in [0, 0.05) is 24.8 Å². The molecular weight excluding hydrogens is 202 g/mol. The van der Waals surface area contributed by atoms with Crippen LogP contribution in [0.25, 0.3) is 0 Å². The van der Waals surface area contributed by atoms with Crippen molar-refractivity contribution in [2.24, 2.45) is 5.73 Å². The summed E-state index contributed by atoms with van der Waals surface area (Å²) in [4.78, 5) is 6.68. The zero-order chi connectivity index (χ0) is 11.5. The summed E-state index contributed by atoms with van der Waals surface area (Å²) < 4.78 is 0. The van der Waals surface area contributed by atoms with Crippen LogP contribution in [0.5, 0.6) is 5.75 Å². The minimum Gasteiger partial charge on any atom is -0.506 e. The summed E-state index contributed by atoms with van der Waals surface area (Å²) in [5, 5.41) is 9.73. The molecule has 2 heterocycles. The molecular formula is C12H19N3O. The van der Waals surface area contributed by atoms with E-state index in [1.54, 1.807) is 6.07 Å². The highest BCUT2D eigenvalue weighted by molar-refractivity contribution is 5.27. The number of aryl methyl sites for hydroxylation is 1. The van der Waals surface area contributed by atoms with Crippen molar-refractivity contribution in [1.82, 2.24) is 9.88 Å². The third kappa shape index (κ3) is 2.33. The number of pyridine rings is 1. The molecule has 0 bridgehead atoms. The molecule has 16 heavy (non-hydrogen) atoms. The van der Waals surface area contributed by atoms with Gasteiger partial charge >= 0.3 is 0 Å². The first-order chi connectivity index (χ1) is 7.70. The van der Waals surface area contributed by atoms with Crippen molar-refractivity contribution >= 4 is 0 Å². The van der Waals surface area contributed by atoms with Gasteiger partial charge in [-0.3, -0.25) is 9.88 Å². The highest BCUT2D eigenvalue weighted by Gasteiger charge is 2.24. The number of hydrogen-bond donors (Lipinski definition) is 2. The fourth-order valence-electron chi connectivity index (χ4n) is 2.28. The molecule has 0 radical (unpaired) electrons. The molecule has 1 unspecified atom stereocenters. The number of aromatic nitrogens is 1. The Hall–Kier alpha value is -1.13. The molecule has 4 heteroatoms. The van der Waals surface area contributed by atoms with Gasteiger partial charge in [0.1, 0.15) is 5.75 Å². The summed E-state index contributed by atoms with van der Waals surface area (Å²) in [5.41, 5.74) is 7.43. The Morgan fingerprint density at radius 2 is 2.38 bits per heavy atom. The van der Waals surface area contributed by atoms with Crippen molar-refractivity contribution in [3.8, 4) is 5.75 Å². The number of rotatable bonds is 3. The minimum absolute atomic E-state index is 0.285. The molecule has 0 amide bonds. The van der Waals surface area contributed by atoms with E-state index in [4.69, 9.17) is 5.73 Å². The molecule has 1 aromatic heterocycles. The second kappa shape index (κ2) is 4.80. The van der Waals surface area contributed by atoms with E-state index >= 15 is 0 Å². The Balaban J connectivity index is 2.11. The molecule has 1 aliphatic rings. The summed E-state index contributed by atoms with van der Waals surface area (Å²) >= 11 is 0. The third-order valence-electron chi connectivity index (χ3n) is 3.21. The van der Waals surface area contributed by atoms with Gasteiger partial charge in [0.25, 0.3) is 0 Å². The number of aromatic hydroxyl groups is 1. The standard InChI is InChI=1S/C12H19N3O/c1-9-4-5-12(16)11(14-9)8-15-6-2-3-10(15)7-13/h4-5,10,16H,2-3,6-8,13H2,1H3.